The fourth-order valence-electron chi connectivity index (χ4n) is 3.97. The summed E-state index contributed by atoms with van der Waals surface area (Å²) in [5, 5.41) is 0. The molecule has 0 saturated carbocycles. The van der Waals surface area contributed by atoms with E-state index in [9.17, 15) is 9.59 Å². The van der Waals surface area contributed by atoms with E-state index in [2.05, 4.69) is 15.9 Å². The second-order valence-electron chi connectivity index (χ2n) is 7.94. The lowest BCUT2D eigenvalue weighted by Gasteiger charge is -2.44. The zero-order chi connectivity index (χ0) is 21.7. The normalized spacial score (nSPS) is 19.9. The minimum atomic E-state index is -0.661. The highest BCUT2D eigenvalue weighted by molar-refractivity contribution is 9.10. The van der Waals surface area contributed by atoms with Gasteiger partial charge in [-0.3, -0.25) is 4.79 Å². The monoisotopic (exact) mass is 472 g/mol. The van der Waals surface area contributed by atoms with Gasteiger partial charge >= 0.3 is 6.09 Å². The Kier molecular flexibility index (Phi) is 7.19. The third-order valence-electron chi connectivity index (χ3n) is 6.01. The molecule has 1 aliphatic heterocycles. The van der Waals surface area contributed by atoms with Crippen LogP contribution in [0, 0.1) is 0 Å². The topological polar surface area (TPSA) is 49.9 Å². The number of benzene rings is 2. The van der Waals surface area contributed by atoms with Crippen LogP contribution in [0.4, 0.5) is 4.79 Å². The van der Waals surface area contributed by atoms with Gasteiger partial charge in [0.1, 0.15) is 5.60 Å². The summed E-state index contributed by atoms with van der Waals surface area (Å²) in [6, 6.07) is 17.9. The summed E-state index contributed by atoms with van der Waals surface area (Å²) in [5.74, 6) is 0.0406. The van der Waals surface area contributed by atoms with Crippen molar-refractivity contribution in [2.45, 2.75) is 44.8 Å². The molecular weight excluding hydrogens is 444 g/mol. The Morgan fingerprint density at radius 1 is 1.20 bits per heavy atom. The number of hydrogen-bond acceptors (Lipinski definition) is 3. The first-order valence-corrected chi connectivity index (χ1v) is 11.1. The van der Waals surface area contributed by atoms with Crippen LogP contribution in [0.1, 0.15) is 50.3 Å². The van der Waals surface area contributed by atoms with Crippen LogP contribution in [0.5, 0.6) is 0 Å². The molecule has 0 N–H and O–H groups in total. The van der Waals surface area contributed by atoms with E-state index in [1.54, 1.807) is 23.8 Å². The maximum atomic E-state index is 13.1. The first-order chi connectivity index (χ1) is 14.3. The molecule has 0 unspecified atom stereocenters. The molecule has 5 nitrogen and oxygen atoms in total. The second-order valence-corrected chi connectivity index (χ2v) is 8.86. The lowest BCUT2D eigenvalue weighted by atomic mass is 9.84. The lowest BCUT2D eigenvalue weighted by Crippen LogP contribution is -2.49. The molecular formula is C24H29BrN2O3. The SMILES string of the molecule is CC(=O)N(C)CCC[C@@]1(c2ccccc2)CCN([C@@H](C)c2ccc(Br)cc2)C(=O)O1. The van der Waals surface area contributed by atoms with Crippen molar-refractivity contribution in [1.82, 2.24) is 9.80 Å². The van der Waals surface area contributed by atoms with E-state index in [4.69, 9.17) is 4.74 Å². The zero-order valence-corrected chi connectivity index (χ0v) is 19.4. The van der Waals surface area contributed by atoms with Crippen LogP contribution in [0.25, 0.3) is 0 Å². The Hall–Kier alpha value is -2.34. The average molecular weight is 473 g/mol. The highest BCUT2D eigenvalue weighted by Crippen LogP contribution is 2.40. The maximum Gasteiger partial charge on any atom is 0.411 e. The summed E-state index contributed by atoms with van der Waals surface area (Å²) in [4.78, 5) is 28.1. The Morgan fingerprint density at radius 3 is 2.47 bits per heavy atom. The van der Waals surface area contributed by atoms with Crippen LogP contribution in [-0.4, -0.2) is 41.9 Å². The average Bonchev–Trinajstić information content (AvgIpc) is 2.74. The molecule has 3 rings (SSSR count). The predicted molar refractivity (Wildman–Crippen MR) is 121 cm³/mol. The largest absolute Gasteiger partial charge is 0.438 e. The van der Waals surface area contributed by atoms with Crippen LogP contribution in [0.3, 0.4) is 0 Å². The molecule has 6 heteroatoms. The predicted octanol–water partition coefficient (Wildman–Crippen LogP) is 5.51. The van der Waals surface area contributed by atoms with Gasteiger partial charge in [0, 0.05) is 38.0 Å². The molecule has 2 aromatic carbocycles. The van der Waals surface area contributed by atoms with E-state index in [1.165, 1.54) is 0 Å². The van der Waals surface area contributed by atoms with Crippen molar-refractivity contribution in [3.63, 3.8) is 0 Å². The summed E-state index contributed by atoms with van der Waals surface area (Å²) >= 11 is 3.46. The Labute approximate surface area is 187 Å². The van der Waals surface area contributed by atoms with Gasteiger partial charge in [-0.05, 0) is 43.0 Å². The molecule has 1 aliphatic rings. The van der Waals surface area contributed by atoms with Crippen LogP contribution >= 0.6 is 15.9 Å². The Balaban J connectivity index is 1.76. The fourth-order valence-corrected chi connectivity index (χ4v) is 4.23. The van der Waals surface area contributed by atoms with Gasteiger partial charge in [0.05, 0.1) is 6.04 Å². The summed E-state index contributed by atoms with van der Waals surface area (Å²) in [6.45, 7) is 4.85. The Morgan fingerprint density at radius 2 is 1.87 bits per heavy atom. The van der Waals surface area contributed by atoms with Gasteiger partial charge in [0.2, 0.25) is 5.91 Å². The van der Waals surface area contributed by atoms with Gasteiger partial charge in [-0.15, -0.1) is 0 Å². The number of halogens is 1. The standard InChI is InChI=1S/C24H29BrN2O3/c1-18(20-10-12-22(25)13-11-20)27-17-15-24(30-23(27)29,21-8-5-4-6-9-21)14-7-16-26(3)19(2)28/h4-6,8-13,18H,7,14-17H2,1-3H3/t18-,24-/m0/s1. The summed E-state index contributed by atoms with van der Waals surface area (Å²) < 4.78 is 7.17. The van der Waals surface area contributed by atoms with Crippen molar-refractivity contribution in [3.8, 4) is 0 Å². The number of rotatable bonds is 7. The number of amides is 2. The molecule has 30 heavy (non-hydrogen) atoms. The quantitative estimate of drug-likeness (QED) is 0.533. The van der Waals surface area contributed by atoms with Crippen LogP contribution < -0.4 is 0 Å². The molecule has 0 radical (unpaired) electrons. The third kappa shape index (κ3) is 5.04. The van der Waals surface area contributed by atoms with Gasteiger partial charge in [-0.25, -0.2) is 4.79 Å². The van der Waals surface area contributed by atoms with Gasteiger partial charge in [0.15, 0.2) is 0 Å². The minimum Gasteiger partial charge on any atom is -0.438 e. The van der Waals surface area contributed by atoms with Gasteiger partial charge in [-0.1, -0.05) is 58.4 Å². The van der Waals surface area contributed by atoms with E-state index >= 15 is 0 Å². The number of ether oxygens (including phenoxy) is 1. The minimum absolute atomic E-state index is 0.0406. The highest BCUT2D eigenvalue weighted by Gasteiger charge is 2.43. The van der Waals surface area contributed by atoms with Crippen molar-refractivity contribution >= 4 is 27.9 Å². The zero-order valence-electron chi connectivity index (χ0n) is 17.8. The van der Waals surface area contributed by atoms with E-state index in [0.717, 1.165) is 22.0 Å². The van der Waals surface area contributed by atoms with Gasteiger partial charge in [-0.2, -0.15) is 0 Å². The van der Waals surface area contributed by atoms with E-state index in [1.807, 2.05) is 61.5 Å². The number of nitrogens with zero attached hydrogens (tertiary/aromatic N) is 2. The number of hydrogen-bond donors (Lipinski definition) is 0. The lowest BCUT2D eigenvalue weighted by molar-refractivity contribution is -0.128. The summed E-state index contributed by atoms with van der Waals surface area (Å²) in [7, 11) is 1.80. The first kappa shape index (κ1) is 22.3. The number of carbonyl (C=O) groups excluding carboxylic acids is 2. The first-order valence-electron chi connectivity index (χ1n) is 10.3. The van der Waals surface area contributed by atoms with Crippen molar-refractivity contribution in [3.05, 3.63) is 70.2 Å². The Bertz CT molecular complexity index is 872. The van der Waals surface area contributed by atoms with Crippen LogP contribution in [0.2, 0.25) is 0 Å². The molecule has 1 heterocycles. The van der Waals surface area contributed by atoms with Crippen LogP contribution in [-0.2, 0) is 15.1 Å². The molecule has 0 spiro atoms. The van der Waals surface area contributed by atoms with Crippen LogP contribution in [0.15, 0.2) is 59.1 Å². The van der Waals surface area contributed by atoms with E-state index in [-0.39, 0.29) is 18.0 Å². The molecule has 1 fully saturated rings. The molecule has 2 atom stereocenters. The molecule has 2 amide bonds. The molecule has 2 aromatic rings. The molecule has 0 bridgehead atoms. The smallest absolute Gasteiger partial charge is 0.411 e. The van der Waals surface area contributed by atoms with Crippen molar-refractivity contribution in [2.24, 2.45) is 0 Å². The third-order valence-corrected chi connectivity index (χ3v) is 6.53. The molecule has 160 valence electrons. The van der Waals surface area contributed by atoms with Crippen molar-refractivity contribution < 1.29 is 14.3 Å². The molecule has 0 aliphatic carbocycles. The van der Waals surface area contributed by atoms with E-state index in [0.29, 0.717) is 25.9 Å². The fraction of sp³-hybridized carbons (Fsp3) is 0.417. The number of carbonyl (C=O) groups is 2. The van der Waals surface area contributed by atoms with E-state index < -0.39 is 5.60 Å². The number of cyclic esters (lactones) is 1. The second kappa shape index (κ2) is 9.65. The van der Waals surface area contributed by atoms with Gasteiger partial charge in [0.25, 0.3) is 0 Å². The highest BCUT2D eigenvalue weighted by atomic mass is 79.9. The van der Waals surface area contributed by atoms with Gasteiger partial charge < -0.3 is 14.5 Å². The maximum absolute atomic E-state index is 13.1. The van der Waals surface area contributed by atoms with Crippen molar-refractivity contribution in [1.29, 1.82) is 0 Å². The summed E-state index contributed by atoms with van der Waals surface area (Å²) in [5.41, 5.74) is 1.43. The summed E-state index contributed by atoms with van der Waals surface area (Å²) in [6.07, 6.45) is 1.87. The van der Waals surface area contributed by atoms with Crippen molar-refractivity contribution in [2.75, 3.05) is 20.1 Å². The molecule has 1 saturated heterocycles. The molecule has 0 aromatic heterocycles.